The fraction of sp³-hybridized carbons (Fsp3) is 0.667. The standard InChI is InChI=1S/C12H23N5/c1-9(13)7-17(5)11-6-10(14-8-15-11)16-12(2,3)4/h6,8-9H,7,13H2,1-5H3,(H,14,15,16). The molecule has 0 saturated heterocycles. The molecule has 0 saturated carbocycles. The zero-order valence-corrected chi connectivity index (χ0v) is 11.4. The molecule has 17 heavy (non-hydrogen) atoms. The van der Waals surface area contributed by atoms with Crippen LogP contribution in [0.2, 0.25) is 0 Å². The molecule has 0 amide bonds. The van der Waals surface area contributed by atoms with Crippen molar-refractivity contribution in [1.29, 1.82) is 0 Å². The first-order valence-corrected chi connectivity index (χ1v) is 5.85. The van der Waals surface area contributed by atoms with Crippen LogP contribution in [0.4, 0.5) is 11.6 Å². The molecule has 0 radical (unpaired) electrons. The van der Waals surface area contributed by atoms with E-state index in [0.29, 0.717) is 0 Å². The number of nitrogens with two attached hydrogens (primary N) is 1. The zero-order valence-electron chi connectivity index (χ0n) is 11.4. The summed E-state index contributed by atoms with van der Waals surface area (Å²) in [6.07, 6.45) is 1.57. The molecule has 0 aliphatic heterocycles. The number of nitrogens with one attached hydrogen (secondary N) is 1. The second kappa shape index (κ2) is 5.31. The van der Waals surface area contributed by atoms with Crippen molar-refractivity contribution in [1.82, 2.24) is 9.97 Å². The van der Waals surface area contributed by atoms with Crippen molar-refractivity contribution in [2.45, 2.75) is 39.3 Å². The van der Waals surface area contributed by atoms with E-state index in [-0.39, 0.29) is 11.6 Å². The van der Waals surface area contributed by atoms with Crippen LogP contribution in [0.15, 0.2) is 12.4 Å². The Bertz CT molecular complexity index is 356. The molecule has 1 aromatic heterocycles. The predicted molar refractivity (Wildman–Crippen MR) is 72.3 cm³/mol. The topological polar surface area (TPSA) is 67.1 Å². The SMILES string of the molecule is CC(N)CN(C)c1cc(NC(C)(C)C)ncn1. The van der Waals surface area contributed by atoms with Crippen molar-refractivity contribution in [3.8, 4) is 0 Å². The Morgan fingerprint density at radius 2 is 2.06 bits per heavy atom. The summed E-state index contributed by atoms with van der Waals surface area (Å²) in [6, 6.07) is 2.06. The number of likely N-dealkylation sites (N-methyl/N-ethyl adjacent to an activating group) is 1. The number of nitrogens with zero attached hydrogens (tertiary/aromatic N) is 3. The smallest absolute Gasteiger partial charge is 0.133 e. The Morgan fingerprint density at radius 1 is 1.41 bits per heavy atom. The molecule has 0 aromatic carbocycles. The first-order valence-electron chi connectivity index (χ1n) is 5.85. The third-order valence-corrected chi connectivity index (χ3v) is 2.11. The van der Waals surface area contributed by atoms with Crippen molar-refractivity contribution < 1.29 is 0 Å². The van der Waals surface area contributed by atoms with Crippen molar-refractivity contribution in [2.24, 2.45) is 5.73 Å². The number of rotatable bonds is 4. The van der Waals surface area contributed by atoms with Crippen LogP contribution in [0.25, 0.3) is 0 Å². The minimum Gasteiger partial charge on any atom is -0.365 e. The average Bonchev–Trinajstić information content (AvgIpc) is 2.14. The fourth-order valence-corrected chi connectivity index (χ4v) is 1.53. The highest BCUT2D eigenvalue weighted by molar-refractivity contribution is 5.48. The largest absolute Gasteiger partial charge is 0.365 e. The van der Waals surface area contributed by atoms with E-state index in [1.165, 1.54) is 0 Å². The molecule has 5 heteroatoms. The number of aromatic nitrogens is 2. The molecule has 1 unspecified atom stereocenters. The second-order valence-corrected chi connectivity index (χ2v) is 5.49. The maximum absolute atomic E-state index is 5.77. The van der Waals surface area contributed by atoms with Crippen molar-refractivity contribution >= 4 is 11.6 Å². The number of hydrogen-bond acceptors (Lipinski definition) is 5. The molecule has 5 nitrogen and oxygen atoms in total. The van der Waals surface area contributed by atoms with Gasteiger partial charge >= 0.3 is 0 Å². The van der Waals surface area contributed by atoms with Gasteiger partial charge in [0.2, 0.25) is 0 Å². The van der Waals surface area contributed by atoms with E-state index in [1.807, 2.05) is 24.9 Å². The average molecular weight is 237 g/mol. The third-order valence-electron chi connectivity index (χ3n) is 2.11. The van der Waals surface area contributed by atoms with Crippen LogP contribution in [0.1, 0.15) is 27.7 Å². The van der Waals surface area contributed by atoms with Crippen LogP contribution in [-0.4, -0.2) is 35.1 Å². The molecule has 0 aliphatic rings. The molecule has 1 heterocycles. The highest BCUT2D eigenvalue weighted by atomic mass is 15.2. The van der Waals surface area contributed by atoms with E-state index in [4.69, 9.17) is 5.73 Å². The molecular formula is C12H23N5. The second-order valence-electron chi connectivity index (χ2n) is 5.49. The maximum Gasteiger partial charge on any atom is 0.133 e. The highest BCUT2D eigenvalue weighted by Gasteiger charge is 2.12. The molecule has 1 aromatic rings. The van der Waals surface area contributed by atoms with E-state index in [9.17, 15) is 0 Å². The lowest BCUT2D eigenvalue weighted by Crippen LogP contribution is -2.33. The summed E-state index contributed by atoms with van der Waals surface area (Å²) in [5.41, 5.74) is 5.76. The zero-order chi connectivity index (χ0) is 13.1. The van der Waals surface area contributed by atoms with E-state index >= 15 is 0 Å². The van der Waals surface area contributed by atoms with E-state index < -0.39 is 0 Å². The van der Waals surface area contributed by atoms with Gasteiger partial charge in [0, 0.05) is 31.2 Å². The Morgan fingerprint density at radius 3 is 2.59 bits per heavy atom. The van der Waals surface area contributed by atoms with Crippen LogP contribution < -0.4 is 16.0 Å². The summed E-state index contributed by atoms with van der Waals surface area (Å²) in [5.74, 6) is 1.71. The van der Waals surface area contributed by atoms with Gasteiger partial charge in [-0.1, -0.05) is 0 Å². The molecule has 1 atom stereocenters. The fourth-order valence-electron chi connectivity index (χ4n) is 1.53. The van der Waals surface area contributed by atoms with E-state index in [2.05, 4.69) is 36.1 Å². The van der Waals surface area contributed by atoms with Crippen LogP contribution >= 0.6 is 0 Å². The molecule has 3 N–H and O–H groups in total. The molecule has 96 valence electrons. The molecule has 1 rings (SSSR count). The first-order chi connectivity index (χ1) is 7.78. The molecule has 0 fully saturated rings. The molecule has 0 bridgehead atoms. The minimum atomic E-state index is -0.00858. The van der Waals surface area contributed by atoms with Gasteiger partial charge in [0.1, 0.15) is 18.0 Å². The Balaban J connectivity index is 2.78. The van der Waals surface area contributed by atoms with Crippen molar-refractivity contribution in [3.05, 3.63) is 12.4 Å². The lowest BCUT2D eigenvalue weighted by Gasteiger charge is -2.23. The predicted octanol–water partition coefficient (Wildman–Crippen LogP) is 1.47. The Hall–Kier alpha value is -1.36. The summed E-state index contributed by atoms with van der Waals surface area (Å²) in [5, 5.41) is 3.32. The summed E-state index contributed by atoms with van der Waals surface area (Å²) >= 11 is 0. The normalized spacial score (nSPS) is 13.3. The van der Waals surface area contributed by atoms with Gasteiger partial charge in [0.15, 0.2) is 0 Å². The van der Waals surface area contributed by atoms with E-state index in [0.717, 1.165) is 18.2 Å². The van der Waals surface area contributed by atoms with Gasteiger partial charge in [-0.2, -0.15) is 0 Å². The lowest BCUT2D eigenvalue weighted by atomic mass is 10.1. The van der Waals surface area contributed by atoms with Gasteiger partial charge in [-0.25, -0.2) is 9.97 Å². The number of anilines is 2. The number of hydrogen-bond donors (Lipinski definition) is 2. The lowest BCUT2D eigenvalue weighted by molar-refractivity contribution is 0.629. The van der Waals surface area contributed by atoms with E-state index in [1.54, 1.807) is 6.33 Å². The summed E-state index contributed by atoms with van der Waals surface area (Å²) < 4.78 is 0. The van der Waals surface area contributed by atoms with Gasteiger partial charge in [-0.15, -0.1) is 0 Å². The summed E-state index contributed by atoms with van der Waals surface area (Å²) in [6.45, 7) is 9.04. The summed E-state index contributed by atoms with van der Waals surface area (Å²) in [7, 11) is 1.98. The first kappa shape index (κ1) is 13.7. The van der Waals surface area contributed by atoms with Crippen LogP contribution in [0.3, 0.4) is 0 Å². The summed E-state index contributed by atoms with van der Waals surface area (Å²) in [4.78, 5) is 10.5. The van der Waals surface area contributed by atoms with Crippen molar-refractivity contribution in [2.75, 3.05) is 23.8 Å². The van der Waals surface area contributed by atoms with Gasteiger partial charge < -0.3 is 16.0 Å². The minimum absolute atomic E-state index is 0.00858. The molecule has 0 spiro atoms. The Kier molecular flexibility index (Phi) is 4.28. The van der Waals surface area contributed by atoms with Gasteiger partial charge in [-0.05, 0) is 27.7 Å². The third kappa shape index (κ3) is 4.99. The Labute approximate surface area is 103 Å². The monoisotopic (exact) mass is 237 g/mol. The van der Waals surface area contributed by atoms with Crippen LogP contribution in [0.5, 0.6) is 0 Å². The van der Waals surface area contributed by atoms with Crippen LogP contribution in [0, 0.1) is 0 Å². The van der Waals surface area contributed by atoms with Crippen molar-refractivity contribution in [3.63, 3.8) is 0 Å². The van der Waals surface area contributed by atoms with Gasteiger partial charge in [0.05, 0.1) is 0 Å². The molecule has 0 aliphatic carbocycles. The quantitative estimate of drug-likeness (QED) is 0.830. The van der Waals surface area contributed by atoms with Gasteiger partial charge in [0.25, 0.3) is 0 Å². The maximum atomic E-state index is 5.77. The molecular weight excluding hydrogens is 214 g/mol. The van der Waals surface area contributed by atoms with Gasteiger partial charge in [-0.3, -0.25) is 0 Å². The highest BCUT2D eigenvalue weighted by Crippen LogP contribution is 2.16. The van der Waals surface area contributed by atoms with Crippen LogP contribution in [-0.2, 0) is 0 Å².